The summed E-state index contributed by atoms with van der Waals surface area (Å²) in [4.78, 5) is 0. The van der Waals surface area contributed by atoms with Crippen LogP contribution in [-0.2, 0) is 4.74 Å². The quantitative estimate of drug-likeness (QED) is 0.680. The van der Waals surface area contributed by atoms with Crippen LogP contribution in [0, 0.1) is 5.82 Å². The fraction of sp³-hybridized carbons (Fsp3) is 0.600. The molecule has 114 valence electrons. The molecule has 0 saturated carbocycles. The zero-order valence-electron chi connectivity index (χ0n) is 11.6. The van der Waals surface area contributed by atoms with Gasteiger partial charge in [-0.25, -0.2) is 13.2 Å². The second-order valence-corrected chi connectivity index (χ2v) is 4.79. The van der Waals surface area contributed by atoms with E-state index in [1.165, 1.54) is 6.07 Å². The predicted octanol–water partition coefficient (Wildman–Crippen LogP) is 4.48. The summed E-state index contributed by atoms with van der Waals surface area (Å²) < 4.78 is 44.4. The molecule has 0 aliphatic rings. The molecule has 0 amide bonds. The van der Waals surface area contributed by atoms with Gasteiger partial charge in [0, 0.05) is 6.61 Å². The number of ether oxygens (including phenoxy) is 1. The van der Waals surface area contributed by atoms with Gasteiger partial charge >= 0.3 is 0 Å². The first kappa shape index (κ1) is 16.8. The molecule has 1 aromatic carbocycles. The molecule has 0 fully saturated rings. The zero-order valence-corrected chi connectivity index (χ0v) is 11.6. The van der Waals surface area contributed by atoms with Crippen LogP contribution in [0.15, 0.2) is 18.2 Å². The van der Waals surface area contributed by atoms with E-state index >= 15 is 0 Å². The molecule has 0 saturated heterocycles. The van der Waals surface area contributed by atoms with Crippen molar-refractivity contribution in [1.29, 1.82) is 0 Å². The van der Waals surface area contributed by atoms with Crippen molar-refractivity contribution in [2.24, 2.45) is 0 Å². The number of halogens is 3. The zero-order chi connectivity index (χ0) is 15.0. The van der Waals surface area contributed by atoms with E-state index in [1.807, 2.05) is 0 Å². The summed E-state index contributed by atoms with van der Waals surface area (Å²) in [6, 6.07) is 3.32. The SMILES string of the molecule is CCCCCCOCC(c1ccc(O)c(F)c1)C(F)F. The Labute approximate surface area is 117 Å². The van der Waals surface area contributed by atoms with Crippen LogP contribution in [0.4, 0.5) is 13.2 Å². The lowest BCUT2D eigenvalue weighted by Crippen LogP contribution is -2.16. The third-order valence-corrected chi connectivity index (χ3v) is 3.14. The van der Waals surface area contributed by atoms with E-state index in [-0.39, 0.29) is 12.2 Å². The molecule has 1 rings (SSSR count). The van der Waals surface area contributed by atoms with Gasteiger partial charge in [0.05, 0.1) is 12.5 Å². The van der Waals surface area contributed by atoms with E-state index in [1.54, 1.807) is 0 Å². The number of aromatic hydroxyl groups is 1. The molecule has 0 aromatic heterocycles. The summed E-state index contributed by atoms with van der Waals surface area (Å²) in [5.74, 6) is -2.60. The molecule has 0 heterocycles. The Bertz CT molecular complexity index is 397. The van der Waals surface area contributed by atoms with Crippen molar-refractivity contribution in [3.8, 4) is 5.75 Å². The van der Waals surface area contributed by atoms with Crippen molar-refractivity contribution in [3.63, 3.8) is 0 Å². The van der Waals surface area contributed by atoms with Gasteiger partial charge in [-0.2, -0.15) is 0 Å². The monoisotopic (exact) mass is 290 g/mol. The van der Waals surface area contributed by atoms with Crippen molar-refractivity contribution in [3.05, 3.63) is 29.6 Å². The summed E-state index contributed by atoms with van der Waals surface area (Å²) in [7, 11) is 0. The van der Waals surface area contributed by atoms with Gasteiger partial charge in [0.25, 0.3) is 0 Å². The maximum Gasteiger partial charge on any atom is 0.247 e. The van der Waals surface area contributed by atoms with Gasteiger partial charge in [-0.15, -0.1) is 0 Å². The third kappa shape index (κ3) is 5.41. The average molecular weight is 290 g/mol. The largest absolute Gasteiger partial charge is 0.505 e. The number of hydrogen-bond donors (Lipinski definition) is 1. The highest BCUT2D eigenvalue weighted by Gasteiger charge is 2.23. The summed E-state index contributed by atoms with van der Waals surface area (Å²) in [6.45, 7) is 2.38. The summed E-state index contributed by atoms with van der Waals surface area (Å²) in [5.41, 5.74) is 0.142. The van der Waals surface area contributed by atoms with Crippen LogP contribution in [0.5, 0.6) is 5.75 Å². The second-order valence-electron chi connectivity index (χ2n) is 4.79. The highest BCUT2D eigenvalue weighted by atomic mass is 19.3. The lowest BCUT2D eigenvalue weighted by molar-refractivity contribution is 0.0421. The molecule has 1 N–H and O–H groups in total. The molecular formula is C15H21F3O2. The van der Waals surface area contributed by atoms with Gasteiger partial charge in [0.2, 0.25) is 6.43 Å². The minimum absolute atomic E-state index is 0.142. The predicted molar refractivity (Wildman–Crippen MR) is 71.8 cm³/mol. The minimum atomic E-state index is -2.63. The first-order valence-corrected chi connectivity index (χ1v) is 6.90. The number of benzene rings is 1. The van der Waals surface area contributed by atoms with Crippen molar-refractivity contribution in [1.82, 2.24) is 0 Å². The summed E-state index contributed by atoms with van der Waals surface area (Å²) in [5, 5.41) is 9.07. The van der Waals surface area contributed by atoms with Crippen molar-refractivity contribution >= 4 is 0 Å². The lowest BCUT2D eigenvalue weighted by Gasteiger charge is -2.17. The Morgan fingerprint density at radius 2 is 1.95 bits per heavy atom. The van der Waals surface area contributed by atoms with Gasteiger partial charge in [-0.3, -0.25) is 0 Å². The maximum atomic E-state index is 13.2. The Kier molecular flexibility index (Phi) is 7.44. The van der Waals surface area contributed by atoms with Crippen molar-refractivity contribution in [2.75, 3.05) is 13.2 Å². The van der Waals surface area contributed by atoms with E-state index in [4.69, 9.17) is 9.84 Å². The molecule has 0 bridgehead atoms. The topological polar surface area (TPSA) is 29.5 Å². The average Bonchev–Trinajstić information content (AvgIpc) is 2.41. The van der Waals surface area contributed by atoms with Crippen LogP contribution >= 0.6 is 0 Å². The van der Waals surface area contributed by atoms with Crippen LogP contribution < -0.4 is 0 Å². The van der Waals surface area contributed by atoms with Crippen molar-refractivity contribution in [2.45, 2.75) is 45.0 Å². The molecule has 1 unspecified atom stereocenters. The number of unbranched alkanes of at least 4 members (excludes halogenated alkanes) is 3. The molecular weight excluding hydrogens is 269 g/mol. The second kappa shape index (κ2) is 8.84. The Hall–Kier alpha value is -1.23. The molecule has 0 spiro atoms. The van der Waals surface area contributed by atoms with Crippen LogP contribution in [0.1, 0.15) is 44.1 Å². The number of phenols is 1. The Morgan fingerprint density at radius 3 is 2.55 bits per heavy atom. The fourth-order valence-corrected chi connectivity index (χ4v) is 1.91. The highest BCUT2D eigenvalue weighted by molar-refractivity contribution is 5.30. The number of hydrogen-bond acceptors (Lipinski definition) is 2. The van der Waals surface area contributed by atoms with Crippen LogP contribution in [0.25, 0.3) is 0 Å². The molecule has 0 radical (unpaired) electrons. The Morgan fingerprint density at radius 1 is 1.20 bits per heavy atom. The van der Waals surface area contributed by atoms with Gasteiger partial charge in [-0.1, -0.05) is 32.3 Å². The standard InChI is InChI=1S/C15H21F3O2/c1-2-3-4-5-8-20-10-12(15(17)18)11-6-7-14(19)13(16)9-11/h6-7,9,12,15,19H,2-5,8,10H2,1H3. The maximum absolute atomic E-state index is 13.2. The Balaban J connectivity index is 2.50. The van der Waals surface area contributed by atoms with Gasteiger partial charge < -0.3 is 9.84 Å². The molecule has 0 aliphatic heterocycles. The molecule has 1 aromatic rings. The fourth-order valence-electron chi connectivity index (χ4n) is 1.91. The molecule has 5 heteroatoms. The van der Waals surface area contributed by atoms with Gasteiger partial charge in [-0.05, 0) is 24.1 Å². The lowest BCUT2D eigenvalue weighted by atomic mass is 10.00. The first-order valence-electron chi connectivity index (χ1n) is 6.90. The summed E-state index contributed by atoms with van der Waals surface area (Å²) in [6.07, 6.45) is 1.43. The van der Waals surface area contributed by atoms with Crippen molar-refractivity contribution < 1.29 is 23.0 Å². The van der Waals surface area contributed by atoms with E-state index in [9.17, 15) is 13.2 Å². The number of rotatable bonds is 9. The molecule has 2 nitrogen and oxygen atoms in total. The molecule has 0 aliphatic carbocycles. The number of phenolic OH excluding ortho intramolecular Hbond substituents is 1. The normalized spacial score (nSPS) is 12.8. The van der Waals surface area contributed by atoms with E-state index < -0.39 is 23.9 Å². The number of alkyl halides is 2. The van der Waals surface area contributed by atoms with E-state index in [0.29, 0.717) is 6.61 Å². The van der Waals surface area contributed by atoms with E-state index in [0.717, 1.165) is 37.8 Å². The van der Waals surface area contributed by atoms with Gasteiger partial charge in [0.15, 0.2) is 11.6 Å². The van der Waals surface area contributed by atoms with Crippen LogP contribution in [0.2, 0.25) is 0 Å². The van der Waals surface area contributed by atoms with Gasteiger partial charge in [0.1, 0.15) is 0 Å². The van der Waals surface area contributed by atoms with Crippen LogP contribution in [-0.4, -0.2) is 24.7 Å². The molecule has 20 heavy (non-hydrogen) atoms. The smallest absolute Gasteiger partial charge is 0.247 e. The third-order valence-electron chi connectivity index (χ3n) is 3.14. The first-order chi connectivity index (χ1) is 9.56. The highest BCUT2D eigenvalue weighted by Crippen LogP contribution is 2.27. The van der Waals surface area contributed by atoms with Crippen LogP contribution in [0.3, 0.4) is 0 Å². The minimum Gasteiger partial charge on any atom is -0.505 e. The molecule has 1 atom stereocenters. The van der Waals surface area contributed by atoms with E-state index in [2.05, 4.69) is 6.92 Å². The summed E-state index contributed by atoms with van der Waals surface area (Å²) >= 11 is 0.